The van der Waals surface area contributed by atoms with Gasteiger partial charge in [-0.05, 0) is 71.5 Å². The number of carboxylic acid groups (broad SMARTS) is 1. The summed E-state index contributed by atoms with van der Waals surface area (Å²) in [4.78, 5) is 27.1. The second-order valence-electron chi connectivity index (χ2n) is 12.8. The van der Waals surface area contributed by atoms with Gasteiger partial charge in [-0.15, -0.1) is 6.58 Å². The highest BCUT2D eigenvalue weighted by molar-refractivity contribution is 7.92. The molecule has 1 unspecified atom stereocenters. The van der Waals surface area contributed by atoms with Gasteiger partial charge in [0, 0.05) is 34.8 Å². The number of hydrogen-bond donors (Lipinski definition) is 3. The number of rotatable bonds is 5. The molecule has 38 heavy (non-hydrogen) atoms. The lowest BCUT2D eigenvalue weighted by atomic mass is 9.41. The first-order valence-corrected chi connectivity index (χ1v) is 14.9. The average molecular weight is 543 g/mol. The molecule has 1 aliphatic heterocycles. The van der Waals surface area contributed by atoms with Gasteiger partial charge in [0.1, 0.15) is 5.78 Å². The van der Waals surface area contributed by atoms with Crippen molar-refractivity contribution in [1.82, 2.24) is 0 Å². The molecule has 3 fully saturated rings. The summed E-state index contributed by atoms with van der Waals surface area (Å²) in [5, 5.41) is 31.4. The summed E-state index contributed by atoms with van der Waals surface area (Å²) in [5.41, 5.74) is -0.712. The molecule has 1 aromatic carbocycles. The summed E-state index contributed by atoms with van der Waals surface area (Å²) in [7, 11) is -1.14. The number of aliphatic hydroxyl groups excluding tert-OH is 1. The molecule has 10 atom stereocenters. The third kappa shape index (κ3) is 3.80. The van der Waals surface area contributed by atoms with Crippen LogP contribution < -0.4 is 5.46 Å². The van der Waals surface area contributed by atoms with Crippen molar-refractivity contribution in [3.05, 3.63) is 36.4 Å². The minimum atomic E-state index is -1.99. The van der Waals surface area contributed by atoms with Gasteiger partial charge in [-0.3, -0.25) is 4.79 Å². The Labute approximate surface area is 228 Å². The van der Waals surface area contributed by atoms with Crippen LogP contribution in [0.15, 0.2) is 35.7 Å². The Balaban J connectivity index is 1.69. The fraction of sp³-hybridized carbons (Fsp3) is 0.655. The maximum atomic E-state index is 14.3. The fourth-order valence-corrected chi connectivity index (χ4v) is 10.4. The third-order valence-corrected chi connectivity index (χ3v) is 13.0. The number of aliphatic hydroxyl groups is 1. The topological polar surface area (TPSA) is 127 Å². The van der Waals surface area contributed by atoms with Crippen molar-refractivity contribution in [1.29, 1.82) is 0 Å². The molecule has 0 aromatic heterocycles. The SMILES string of the molecule is C=C[C@]1(C)C[C@@H](C(C(=O)O)[S@+]([O-])c2ccc3c(c2)B(O)OC3)[C@]2(C)[C@H](C)CC[C@]3(CCC(=O)[C@H]32)[C@@H](C)[C@@H]1O. The summed E-state index contributed by atoms with van der Waals surface area (Å²) in [6.07, 6.45) is 3.89. The number of Topliss-reactive ketones (excluding diaryl/α,β-unsaturated/α-hetero) is 1. The Kier molecular flexibility index (Phi) is 6.96. The molecule has 3 N–H and O–H groups in total. The Bertz CT molecular complexity index is 1160. The highest BCUT2D eigenvalue weighted by Crippen LogP contribution is 2.69. The molecule has 3 saturated carbocycles. The number of carbonyl (C=O) groups excluding carboxylic acids is 1. The number of aliphatic carboxylic acids is 1. The summed E-state index contributed by atoms with van der Waals surface area (Å²) in [6, 6.07) is 4.96. The van der Waals surface area contributed by atoms with Gasteiger partial charge in [-0.1, -0.05) is 39.8 Å². The predicted molar refractivity (Wildman–Crippen MR) is 145 cm³/mol. The van der Waals surface area contributed by atoms with Crippen LogP contribution in [-0.2, 0) is 32.0 Å². The normalized spacial score (nSPS) is 42.0. The molecule has 9 heteroatoms. The van der Waals surface area contributed by atoms with E-state index in [2.05, 4.69) is 13.5 Å². The fourth-order valence-electron chi connectivity index (χ4n) is 8.79. The summed E-state index contributed by atoms with van der Waals surface area (Å²) in [6.45, 7) is 12.4. The first-order valence-electron chi connectivity index (χ1n) is 13.7. The maximum Gasteiger partial charge on any atom is 0.491 e. The van der Waals surface area contributed by atoms with E-state index in [1.165, 1.54) is 0 Å². The van der Waals surface area contributed by atoms with Gasteiger partial charge in [-0.25, -0.2) is 4.79 Å². The number of benzene rings is 1. The third-order valence-electron chi connectivity index (χ3n) is 11.3. The van der Waals surface area contributed by atoms with Gasteiger partial charge >= 0.3 is 13.1 Å². The van der Waals surface area contributed by atoms with Crippen molar-refractivity contribution in [3.8, 4) is 0 Å². The van der Waals surface area contributed by atoms with Crippen molar-refractivity contribution >= 4 is 35.5 Å². The lowest BCUT2D eigenvalue weighted by Gasteiger charge is -2.62. The Morgan fingerprint density at radius 1 is 1.32 bits per heavy atom. The lowest BCUT2D eigenvalue weighted by Crippen LogP contribution is -2.63. The van der Waals surface area contributed by atoms with Crippen LogP contribution in [0.2, 0.25) is 0 Å². The molecule has 0 spiro atoms. The smallest absolute Gasteiger partial charge is 0.491 e. The van der Waals surface area contributed by atoms with Crippen LogP contribution in [0.4, 0.5) is 0 Å². The van der Waals surface area contributed by atoms with Crippen molar-refractivity contribution in [2.75, 3.05) is 0 Å². The molecule has 0 amide bonds. The van der Waals surface area contributed by atoms with Gasteiger partial charge in [0.15, 0.2) is 4.90 Å². The molecule has 0 radical (unpaired) electrons. The number of ketones is 1. The molecule has 3 aliphatic carbocycles. The van der Waals surface area contributed by atoms with E-state index in [1.807, 2.05) is 20.8 Å². The quantitative estimate of drug-likeness (QED) is 0.297. The van der Waals surface area contributed by atoms with Crippen LogP contribution in [-0.4, -0.2) is 50.0 Å². The first-order chi connectivity index (χ1) is 17.8. The second kappa shape index (κ2) is 9.48. The van der Waals surface area contributed by atoms with Gasteiger partial charge < -0.3 is 24.4 Å². The monoisotopic (exact) mass is 542 g/mol. The van der Waals surface area contributed by atoms with E-state index in [4.69, 9.17) is 4.65 Å². The average Bonchev–Trinajstić information content (AvgIpc) is 3.44. The van der Waals surface area contributed by atoms with Gasteiger partial charge in [0.25, 0.3) is 0 Å². The largest absolute Gasteiger partial charge is 0.611 e. The van der Waals surface area contributed by atoms with E-state index in [0.29, 0.717) is 23.2 Å². The molecular formula is C29H39BO7S. The standard InChI is InChI=1S/C29H39BO7S/c1-6-27(4)14-20(23(26(33)34)38(36)19-8-7-18-15-37-30(35)21(18)13-19)28(5)16(2)9-11-29(17(3)25(27)32)12-10-22(31)24(28)29/h6-8,13,16-17,20,23-25,32,35H,1,9-12,14-15H2,2-5H3,(H,33,34)/t16-,17+,20+,23?,24+,25+,27-,28+,29+,38-/m1/s1. The van der Waals surface area contributed by atoms with Crippen LogP contribution in [0.5, 0.6) is 0 Å². The molecule has 1 heterocycles. The number of carboxylic acids is 1. The second-order valence-corrected chi connectivity index (χ2v) is 14.3. The lowest BCUT2D eigenvalue weighted by molar-refractivity contribution is -0.179. The van der Waals surface area contributed by atoms with Crippen LogP contribution in [0.25, 0.3) is 0 Å². The number of hydrogen-bond acceptors (Lipinski definition) is 6. The Morgan fingerprint density at radius 3 is 2.68 bits per heavy atom. The van der Waals surface area contributed by atoms with E-state index in [1.54, 1.807) is 24.3 Å². The minimum absolute atomic E-state index is 0.0262. The van der Waals surface area contributed by atoms with Crippen LogP contribution in [0.3, 0.4) is 0 Å². The summed E-state index contributed by atoms with van der Waals surface area (Å²) in [5.74, 6) is -2.26. The van der Waals surface area contributed by atoms with Gasteiger partial charge in [0.05, 0.1) is 12.7 Å². The minimum Gasteiger partial charge on any atom is -0.611 e. The number of carbonyl (C=O) groups is 2. The highest BCUT2D eigenvalue weighted by atomic mass is 32.2. The zero-order chi connectivity index (χ0) is 27.8. The molecule has 7 nitrogen and oxygen atoms in total. The zero-order valence-corrected chi connectivity index (χ0v) is 23.5. The molecular weight excluding hydrogens is 503 g/mol. The Morgan fingerprint density at radius 2 is 2.03 bits per heavy atom. The molecule has 2 bridgehead atoms. The Hall–Kier alpha value is -1.65. The highest BCUT2D eigenvalue weighted by Gasteiger charge is 2.69. The van der Waals surface area contributed by atoms with E-state index in [-0.39, 0.29) is 30.6 Å². The van der Waals surface area contributed by atoms with Gasteiger partial charge in [-0.2, -0.15) is 0 Å². The van der Waals surface area contributed by atoms with Crippen LogP contribution >= 0.6 is 0 Å². The molecule has 5 rings (SSSR count). The van der Waals surface area contributed by atoms with Crippen molar-refractivity contribution < 1.29 is 34.0 Å². The predicted octanol–water partition coefficient (Wildman–Crippen LogP) is 3.08. The van der Waals surface area contributed by atoms with Crippen molar-refractivity contribution in [2.45, 2.75) is 82.7 Å². The maximum absolute atomic E-state index is 14.3. The zero-order valence-electron chi connectivity index (χ0n) is 22.7. The van der Waals surface area contributed by atoms with Crippen molar-refractivity contribution in [2.24, 2.45) is 39.9 Å². The summed E-state index contributed by atoms with van der Waals surface area (Å²) < 4.78 is 19.5. The molecule has 1 aromatic rings. The first kappa shape index (κ1) is 27.9. The van der Waals surface area contributed by atoms with E-state index in [0.717, 1.165) is 18.4 Å². The number of fused-ring (bicyclic) bond motifs is 1. The molecule has 0 saturated heterocycles. The van der Waals surface area contributed by atoms with E-state index < -0.39 is 63.7 Å². The van der Waals surface area contributed by atoms with E-state index in [9.17, 15) is 29.4 Å². The van der Waals surface area contributed by atoms with Gasteiger partial charge in [0.2, 0.25) is 5.25 Å². The summed E-state index contributed by atoms with van der Waals surface area (Å²) >= 11 is -1.99. The van der Waals surface area contributed by atoms with Crippen molar-refractivity contribution in [3.63, 3.8) is 0 Å². The van der Waals surface area contributed by atoms with Crippen LogP contribution in [0.1, 0.15) is 65.4 Å². The van der Waals surface area contributed by atoms with E-state index >= 15 is 0 Å². The van der Waals surface area contributed by atoms with Crippen LogP contribution in [0, 0.1) is 39.9 Å². The molecule has 206 valence electrons. The molecule has 4 aliphatic rings.